The zero-order chi connectivity index (χ0) is 19.0. The average molecular weight is 395 g/mol. The van der Waals surface area contributed by atoms with E-state index in [1.54, 1.807) is 35.6 Å². The van der Waals surface area contributed by atoms with Gasteiger partial charge in [-0.2, -0.15) is 5.26 Å². The van der Waals surface area contributed by atoms with Crippen LogP contribution in [0.15, 0.2) is 29.3 Å². The molecule has 1 aliphatic carbocycles. The van der Waals surface area contributed by atoms with Crippen molar-refractivity contribution in [2.24, 2.45) is 0 Å². The van der Waals surface area contributed by atoms with E-state index in [1.165, 1.54) is 28.6 Å². The number of thioether (sulfide) groups is 1. The van der Waals surface area contributed by atoms with Crippen molar-refractivity contribution < 1.29 is 4.79 Å². The van der Waals surface area contributed by atoms with Crippen molar-refractivity contribution in [1.82, 2.24) is 9.97 Å². The lowest BCUT2D eigenvalue weighted by Crippen LogP contribution is -2.23. The number of benzene rings is 1. The number of aromatic nitrogens is 2. The molecule has 1 atom stereocenters. The van der Waals surface area contributed by atoms with Gasteiger partial charge in [-0.3, -0.25) is 4.79 Å². The van der Waals surface area contributed by atoms with Crippen LogP contribution >= 0.6 is 23.1 Å². The normalized spacial score (nSPS) is 14.0. The first-order valence-electron chi connectivity index (χ1n) is 8.82. The Hall–Kier alpha value is -2.43. The second kappa shape index (κ2) is 7.29. The molecule has 1 amide bonds. The molecule has 1 N–H and O–H groups in total. The topological polar surface area (TPSA) is 78.7 Å². The third-order valence-electron chi connectivity index (χ3n) is 4.61. The van der Waals surface area contributed by atoms with E-state index in [2.05, 4.69) is 21.4 Å². The quantitative estimate of drug-likeness (QED) is 0.521. The number of hydrogen-bond acceptors (Lipinski definition) is 6. The zero-order valence-corrected chi connectivity index (χ0v) is 16.7. The summed E-state index contributed by atoms with van der Waals surface area (Å²) >= 11 is 3.22. The number of thiophene rings is 1. The second-order valence-electron chi connectivity index (χ2n) is 6.52. The number of anilines is 1. The lowest BCUT2D eigenvalue weighted by Gasteiger charge is -2.13. The predicted octanol–water partition coefficient (Wildman–Crippen LogP) is 4.48. The first-order chi connectivity index (χ1) is 13.1. The van der Waals surface area contributed by atoms with E-state index in [9.17, 15) is 10.1 Å². The van der Waals surface area contributed by atoms with Crippen LogP contribution in [0.25, 0.3) is 10.2 Å². The molecule has 7 heteroatoms. The lowest BCUT2D eigenvalue weighted by molar-refractivity contribution is -0.115. The van der Waals surface area contributed by atoms with Gasteiger partial charge < -0.3 is 5.32 Å². The molecule has 5 nitrogen and oxygen atoms in total. The molecular formula is C20H18N4OS2. The maximum atomic E-state index is 12.7. The standard InChI is InChI=1S/C20H18N4OS2/c1-11(18(25)24-15-8-4-3-6-13(15)10-21)26-19-17-14-7-5-9-16(14)27-20(17)23-12(2)22-19/h3-4,6,8,11H,5,7,9H2,1-2H3,(H,24,25)/t11-/m0/s1. The molecule has 1 aromatic carbocycles. The third-order valence-corrected chi connectivity index (χ3v) is 6.88. The van der Waals surface area contributed by atoms with E-state index in [0.717, 1.165) is 33.9 Å². The molecule has 4 rings (SSSR count). The number of fused-ring (bicyclic) bond motifs is 3. The van der Waals surface area contributed by atoms with E-state index < -0.39 is 0 Å². The van der Waals surface area contributed by atoms with Crippen molar-refractivity contribution in [2.75, 3.05) is 5.32 Å². The van der Waals surface area contributed by atoms with Gasteiger partial charge in [0.2, 0.25) is 5.91 Å². The Morgan fingerprint density at radius 2 is 2.15 bits per heavy atom. The Kier molecular flexibility index (Phi) is 4.85. The van der Waals surface area contributed by atoms with Crippen molar-refractivity contribution in [1.29, 1.82) is 5.26 Å². The Morgan fingerprint density at radius 3 is 2.96 bits per heavy atom. The molecule has 27 heavy (non-hydrogen) atoms. The summed E-state index contributed by atoms with van der Waals surface area (Å²) in [6, 6.07) is 9.13. The molecule has 0 radical (unpaired) electrons. The van der Waals surface area contributed by atoms with E-state index in [4.69, 9.17) is 0 Å². The van der Waals surface area contributed by atoms with Gasteiger partial charge in [0.25, 0.3) is 0 Å². The predicted molar refractivity (Wildman–Crippen MR) is 109 cm³/mol. The number of nitriles is 1. The first kappa shape index (κ1) is 18.0. The SMILES string of the molecule is Cc1nc(S[C@@H](C)C(=O)Nc2ccccc2C#N)c2c3c(sc2n1)CCC3. The summed E-state index contributed by atoms with van der Waals surface area (Å²) in [5.41, 5.74) is 2.36. The second-order valence-corrected chi connectivity index (χ2v) is 8.93. The van der Waals surface area contributed by atoms with Crippen LogP contribution in [0, 0.1) is 18.3 Å². The minimum Gasteiger partial charge on any atom is -0.324 e. The molecule has 0 saturated carbocycles. The fourth-order valence-corrected chi connectivity index (χ4v) is 5.69. The van der Waals surface area contributed by atoms with Crippen molar-refractivity contribution in [3.63, 3.8) is 0 Å². The molecule has 0 aliphatic heterocycles. The Balaban J connectivity index is 1.60. The highest BCUT2D eigenvalue weighted by atomic mass is 32.2. The van der Waals surface area contributed by atoms with Crippen molar-refractivity contribution in [2.45, 2.75) is 43.4 Å². The maximum absolute atomic E-state index is 12.7. The highest BCUT2D eigenvalue weighted by Crippen LogP contribution is 2.41. The number of aryl methyl sites for hydroxylation is 3. The molecule has 0 fully saturated rings. The van der Waals surface area contributed by atoms with Crippen LogP contribution in [0.5, 0.6) is 0 Å². The number of hydrogen-bond donors (Lipinski definition) is 1. The van der Waals surface area contributed by atoms with Crippen molar-refractivity contribution >= 4 is 44.9 Å². The number of amides is 1. The maximum Gasteiger partial charge on any atom is 0.237 e. The van der Waals surface area contributed by atoms with Gasteiger partial charge in [-0.15, -0.1) is 11.3 Å². The Bertz CT molecular complexity index is 1080. The number of nitrogens with one attached hydrogen (secondary N) is 1. The molecule has 0 unspecified atom stereocenters. The molecule has 0 spiro atoms. The van der Waals surface area contributed by atoms with E-state index >= 15 is 0 Å². The van der Waals surface area contributed by atoms with E-state index in [-0.39, 0.29) is 11.2 Å². The summed E-state index contributed by atoms with van der Waals surface area (Å²) in [6.07, 6.45) is 3.35. The van der Waals surface area contributed by atoms with Crippen LogP contribution < -0.4 is 5.32 Å². The van der Waals surface area contributed by atoms with Crippen molar-refractivity contribution in [3.05, 3.63) is 46.1 Å². The summed E-state index contributed by atoms with van der Waals surface area (Å²) < 4.78 is 0. The van der Waals surface area contributed by atoms with Gasteiger partial charge in [-0.05, 0) is 50.8 Å². The minimum atomic E-state index is -0.341. The van der Waals surface area contributed by atoms with Crippen LogP contribution in [-0.4, -0.2) is 21.1 Å². The van der Waals surface area contributed by atoms with Gasteiger partial charge in [0.15, 0.2) is 0 Å². The van der Waals surface area contributed by atoms with Crippen LogP contribution in [0.4, 0.5) is 5.69 Å². The number of carbonyl (C=O) groups excluding carboxylic acids is 1. The largest absolute Gasteiger partial charge is 0.324 e. The van der Waals surface area contributed by atoms with Crippen molar-refractivity contribution in [3.8, 4) is 6.07 Å². The molecular weight excluding hydrogens is 376 g/mol. The third kappa shape index (κ3) is 3.43. The van der Waals surface area contributed by atoms with Gasteiger partial charge in [0, 0.05) is 10.3 Å². The number of carbonyl (C=O) groups is 1. The smallest absolute Gasteiger partial charge is 0.237 e. The van der Waals surface area contributed by atoms with Crippen LogP contribution in [0.3, 0.4) is 0 Å². The van der Waals surface area contributed by atoms with Gasteiger partial charge in [0.05, 0.1) is 16.5 Å². The number of para-hydroxylation sites is 1. The molecule has 2 aromatic heterocycles. The van der Waals surface area contributed by atoms with Gasteiger partial charge in [-0.25, -0.2) is 9.97 Å². The van der Waals surface area contributed by atoms with Crippen LogP contribution in [-0.2, 0) is 17.6 Å². The molecule has 2 heterocycles. The van der Waals surface area contributed by atoms with E-state index in [0.29, 0.717) is 11.3 Å². The van der Waals surface area contributed by atoms with Crippen LogP contribution in [0.2, 0.25) is 0 Å². The highest BCUT2D eigenvalue weighted by molar-refractivity contribution is 8.00. The fourth-order valence-electron chi connectivity index (χ4n) is 3.29. The molecule has 0 bridgehead atoms. The average Bonchev–Trinajstić information content (AvgIpc) is 3.22. The van der Waals surface area contributed by atoms with Crippen LogP contribution in [0.1, 0.15) is 35.2 Å². The summed E-state index contributed by atoms with van der Waals surface area (Å²) in [5.74, 6) is 0.589. The molecule has 0 saturated heterocycles. The summed E-state index contributed by atoms with van der Waals surface area (Å²) in [6.45, 7) is 3.76. The zero-order valence-electron chi connectivity index (χ0n) is 15.1. The first-order valence-corrected chi connectivity index (χ1v) is 10.5. The fraction of sp³-hybridized carbons (Fsp3) is 0.300. The summed E-state index contributed by atoms with van der Waals surface area (Å²) in [4.78, 5) is 24.4. The highest BCUT2D eigenvalue weighted by Gasteiger charge is 2.24. The molecule has 3 aromatic rings. The summed E-state index contributed by atoms with van der Waals surface area (Å²) in [5, 5.41) is 13.7. The monoisotopic (exact) mass is 394 g/mol. The van der Waals surface area contributed by atoms with E-state index in [1.807, 2.05) is 13.8 Å². The molecule has 136 valence electrons. The Labute approximate surface area is 165 Å². The Morgan fingerprint density at radius 1 is 1.33 bits per heavy atom. The van der Waals surface area contributed by atoms with Gasteiger partial charge >= 0.3 is 0 Å². The van der Waals surface area contributed by atoms with Gasteiger partial charge in [-0.1, -0.05) is 23.9 Å². The minimum absolute atomic E-state index is 0.140. The molecule has 1 aliphatic rings. The number of rotatable bonds is 4. The number of nitrogens with zero attached hydrogens (tertiary/aromatic N) is 3. The lowest BCUT2D eigenvalue weighted by atomic mass is 10.2. The van der Waals surface area contributed by atoms with Gasteiger partial charge in [0.1, 0.15) is 21.7 Å². The summed E-state index contributed by atoms with van der Waals surface area (Å²) in [7, 11) is 0.